The van der Waals surface area contributed by atoms with E-state index in [9.17, 15) is 19.2 Å². The molecule has 0 aromatic rings. The van der Waals surface area contributed by atoms with Crippen LogP contribution in [0.5, 0.6) is 0 Å². The molecular formula is C14H18O6S2. The number of rotatable bonds is 9. The molecule has 122 valence electrons. The third-order valence-electron chi connectivity index (χ3n) is 2.36. The summed E-state index contributed by atoms with van der Waals surface area (Å²) in [5.74, 6) is -2.83. The fourth-order valence-electron chi connectivity index (χ4n) is 1.12. The van der Waals surface area contributed by atoms with Gasteiger partial charge in [0, 0.05) is 0 Å². The molecule has 8 heteroatoms. The molecule has 0 aromatic carbocycles. The first kappa shape index (κ1) is 20.5. The monoisotopic (exact) mass is 346 g/mol. The SMILES string of the molecule is C=C(C)C(=O)C(S)C(=O)OCCOC(=O)C(S)C(=O)C(=C)C. The summed E-state index contributed by atoms with van der Waals surface area (Å²) >= 11 is 7.65. The van der Waals surface area contributed by atoms with Crippen LogP contribution in [-0.2, 0) is 28.7 Å². The Hall–Kier alpha value is -1.54. The molecule has 0 aliphatic rings. The van der Waals surface area contributed by atoms with Crippen LogP contribution in [0, 0.1) is 0 Å². The lowest BCUT2D eigenvalue weighted by molar-refractivity contribution is -0.153. The number of hydrogen-bond donors (Lipinski definition) is 2. The van der Waals surface area contributed by atoms with E-state index in [-0.39, 0.29) is 24.4 Å². The van der Waals surface area contributed by atoms with Gasteiger partial charge in [-0.05, 0) is 25.0 Å². The van der Waals surface area contributed by atoms with Crippen molar-refractivity contribution in [2.45, 2.75) is 24.3 Å². The Morgan fingerprint density at radius 3 is 1.32 bits per heavy atom. The highest BCUT2D eigenvalue weighted by Gasteiger charge is 2.26. The lowest BCUT2D eigenvalue weighted by Crippen LogP contribution is -2.30. The van der Waals surface area contributed by atoms with Gasteiger partial charge in [0.15, 0.2) is 22.1 Å². The highest BCUT2D eigenvalue weighted by atomic mass is 32.1. The highest BCUT2D eigenvalue weighted by molar-refractivity contribution is 7.83. The van der Waals surface area contributed by atoms with Crippen molar-refractivity contribution in [2.75, 3.05) is 13.2 Å². The van der Waals surface area contributed by atoms with Crippen molar-refractivity contribution in [3.05, 3.63) is 24.3 Å². The maximum absolute atomic E-state index is 11.5. The van der Waals surface area contributed by atoms with Crippen molar-refractivity contribution in [1.82, 2.24) is 0 Å². The lowest BCUT2D eigenvalue weighted by atomic mass is 10.1. The summed E-state index contributed by atoms with van der Waals surface area (Å²) in [5.41, 5.74) is 0.360. The standard InChI is InChI=1S/C14H18O6S2/c1-7(2)9(15)11(21)13(17)19-5-6-20-14(18)12(22)10(16)8(3)4/h11-12,21-22H,1,3,5-6H2,2,4H3. The number of thiol groups is 2. The molecule has 0 amide bonds. The fraction of sp³-hybridized carbons (Fsp3) is 0.429. The van der Waals surface area contributed by atoms with Gasteiger partial charge in [-0.3, -0.25) is 19.2 Å². The zero-order chi connectivity index (χ0) is 17.4. The number of ketones is 2. The smallest absolute Gasteiger partial charge is 0.326 e. The van der Waals surface area contributed by atoms with E-state index in [2.05, 4.69) is 38.4 Å². The van der Waals surface area contributed by atoms with Crippen molar-refractivity contribution in [2.24, 2.45) is 0 Å². The first-order valence-electron chi connectivity index (χ1n) is 6.18. The maximum atomic E-state index is 11.5. The average molecular weight is 346 g/mol. The van der Waals surface area contributed by atoms with E-state index < -0.39 is 34.0 Å². The second-order valence-corrected chi connectivity index (χ2v) is 5.46. The van der Waals surface area contributed by atoms with Crippen molar-refractivity contribution < 1.29 is 28.7 Å². The molecule has 0 saturated heterocycles. The van der Waals surface area contributed by atoms with Gasteiger partial charge >= 0.3 is 11.9 Å². The van der Waals surface area contributed by atoms with E-state index in [0.29, 0.717) is 0 Å². The summed E-state index contributed by atoms with van der Waals surface area (Å²) in [7, 11) is 0. The van der Waals surface area contributed by atoms with E-state index in [1.165, 1.54) is 13.8 Å². The molecule has 0 spiro atoms. The maximum Gasteiger partial charge on any atom is 0.326 e. The number of allylic oxidation sites excluding steroid dienone is 2. The van der Waals surface area contributed by atoms with E-state index >= 15 is 0 Å². The summed E-state index contributed by atoms with van der Waals surface area (Å²) in [6.07, 6.45) is 0. The second kappa shape index (κ2) is 9.47. The first-order chi connectivity index (χ1) is 10.1. The van der Waals surface area contributed by atoms with Gasteiger partial charge in [0.05, 0.1) is 0 Å². The van der Waals surface area contributed by atoms with Crippen LogP contribution < -0.4 is 0 Å². The number of Topliss-reactive ketones (excluding diaryl/α,β-unsaturated/α-hetero) is 2. The Labute approximate surface area is 139 Å². The molecule has 2 unspecified atom stereocenters. The van der Waals surface area contributed by atoms with Gasteiger partial charge in [-0.1, -0.05) is 13.2 Å². The van der Waals surface area contributed by atoms with Crippen LogP contribution in [0.25, 0.3) is 0 Å². The zero-order valence-corrected chi connectivity index (χ0v) is 14.1. The van der Waals surface area contributed by atoms with Crippen LogP contribution in [0.3, 0.4) is 0 Å². The minimum absolute atomic E-state index is 0.180. The second-order valence-electron chi connectivity index (χ2n) is 4.43. The van der Waals surface area contributed by atoms with Crippen LogP contribution in [0.1, 0.15) is 13.8 Å². The van der Waals surface area contributed by atoms with Gasteiger partial charge in [-0.25, -0.2) is 0 Å². The predicted molar refractivity (Wildman–Crippen MR) is 87.1 cm³/mol. The molecule has 0 bridgehead atoms. The minimum atomic E-state index is -1.27. The minimum Gasteiger partial charge on any atom is -0.461 e. The average Bonchev–Trinajstić information content (AvgIpc) is 2.47. The molecule has 0 aliphatic heterocycles. The molecule has 22 heavy (non-hydrogen) atoms. The molecule has 0 saturated carbocycles. The van der Waals surface area contributed by atoms with Gasteiger partial charge in [-0.2, -0.15) is 25.3 Å². The molecular weight excluding hydrogens is 328 g/mol. The van der Waals surface area contributed by atoms with Crippen LogP contribution in [0.2, 0.25) is 0 Å². The molecule has 0 aromatic heterocycles. The summed E-state index contributed by atoms with van der Waals surface area (Å²) in [4.78, 5) is 45.8. The van der Waals surface area contributed by atoms with Gasteiger partial charge in [0.2, 0.25) is 0 Å². The number of esters is 2. The number of hydrogen-bond acceptors (Lipinski definition) is 8. The van der Waals surface area contributed by atoms with Crippen LogP contribution in [-0.4, -0.2) is 47.2 Å². The molecule has 0 heterocycles. The Morgan fingerprint density at radius 2 is 1.09 bits per heavy atom. The Balaban J connectivity index is 4.18. The Kier molecular flexibility index (Phi) is 8.81. The van der Waals surface area contributed by atoms with Crippen LogP contribution in [0.15, 0.2) is 24.3 Å². The molecule has 0 radical (unpaired) electrons. The fourth-order valence-corrected chi connectivity index (χ4v) is 1.71. The summed E-state index contributed by atoms with van der Waals surface area (Å²) < 4.78 is 9.46. The molecule has 0 aliphatic carbocycles. The van der Waals surface area contributed by atoms with Crippen molar-refractivity contribution in [3.8, 4) is 0 Å². The lowest BCUT2D eigenvalue weighted by Gasteiger charge is -2.12. The largest absolute Gasteiger partial charge is 0.461 e. The topological polar surface area (TPSA) is 86.7 Å². The summed E-state index contributed by atoms with van der Waals surface area (Å²) in [5, 5.41) is -2.54. The van der Waals surface area contributed by atoms with E-state index in [1.54, 1.807) is 0 Å². The number of carbonyl (C=O) groups excluding carboxylic acids is 4. The molecule has 2 atom stereocenters. The van der Waals surface area contributed by atoms with Crippen LogP contribution >= 0.6 is 25.3 Å². The quantitative estimate of drug-likeness (QED) is 0.213. The third-order valence-corrected chi connectivity index (χ3v) is 3.25. The molecule has 0 fully saturated rings. The van der Waals surface area contributed by atoms with Crippen molar-refractivity contribution >= 4 is 48.8 Å². The first-order valence-corrected chi connectivity index (χ1v) is 7.21. The van der Waals surface area contributed by atoms with Gasteiger partial charge in [-0.15, -0.1) is 0 Å². The number of ether oxygens (including phenoxy) is 2. The van der Waals surface area contributed by atoms with Crippen molar-refractivity contribution in [3.63, 3.8) is 0 Å². The van der Waals surface area contributed by atoms with Gasteiger partial charge in [0.25, 0.3) is 0 Å². The van der Waals surface area contributed by atoms with Gasteiger partial charge in [0.1, 0.15) is 13.2 Å². The van der Waals surface area contributed by atoms with E-state index in [0.717, 1.165) is 0 Å². The molecule has 0 N–H and O–H groups in total. The third kappa shape index (κ3) is 6.48. The van der Waals surface area contributed by atoms with E-state index in [4.69, 9.17) is 9.47 Å². The summed E-state index contributed by atoms with van der Waals surface area (Å²) in [6, 6.07) is 0. The summed E-state index contributed by atoms with van der Waals surface area (Å²) in [6.45, 7) is 9.17. The zero-order valence-electron chi connectivity index (χ0n) is 12.3. The van der Waals surface area contributed by atoms with E-state index in [1.807, 2.05) is 0 Å². The molecule has 6 nitrogen and oxygen atoms in total. The predicted octanol–water partition coefficient (Wildman–Crippen LogP) is 0.960. The molecule has 0 rings (SSSR count). The normalized spacial score (nSPS) is 12.7. The van der Waals surface area contributed by atoms with Crippen LogP contribution in [0.4, 0.5) is 0 Å². The number of carbonyl (C=O) groups is 4. The van der Waals surface area contributed by atoms with Gasteiger partial charge < -0.3 is 9.47 Å². The highest BCUT2D eigenvalue weighted by Crippen LogP contribution is 2.07. The Morgan fingerprint density at radius 1 is 0.818 bits per heavy atom. The Bertz CT molecular complexity index is 465. The van der Waals surface area contributed by atoms with Crippen molar-refractivity contribution in [1.29, 1.82) is 0 Å².